The number of imidazole rings is 1. The van der Waals surface area contributed by atoms with E-state index in [1.54, 1.807) is 0 Å². The van der Waals surface area contributed by atoms with Crippen molar-refractivity contribution in [2.24, 2.45) is 0 Å². The summed E-state index contributed by atoms with van der Waals surface area (Å²) in [5, 5.41) is 11.6. The number of halogens is 4. The molecule has 3 rings (SSSR count). The van der Waals surface area contributed by atoms with Crippen molar-refractivity contribution in [1.29, 1.82) is 0 Å². The zero-order chi connectivity index (χ0) is 18.5. The van der Waals surface area contributed by atoms with Crippen molar-refractivity contribution < 1.29 is 19.5 Å². The van der Waals surface area contributed by atoms with Gasteiger partial charge in [0.1, 0.15) is 0 Å². The third-order valence-electron chi connectivity index (χ3n) is 3.68. The fourth-order valence-electron chi connectivity index (χ4n) is 2.53. The van der Waals surface area contributed by atoms with Gasteiger partial charge in [0.05, 0.1) is 29.5 Å². The van der Waals surface area contributed by atoms with Gasteiger partial charge in [-0.05, 0) is 63.7 Å². The summed E-state index contributed by atoms with van der Waals surface area (Å²) in [6, 6.07) is -1.47. The van der Waals surface area contributed by atoms with Crippen molar-refractivity contribution >= 4 is 81.5 Å². The number of carboxylic acid groups (broad SMARTS) is 1. The minimum atomic E-state index is -1.53. The van der Waals surface area contributed by atoms with Crippen LogP contribution in [-0.4, -0.2) is 38.7 Å². The fourth-order valence-corrected chi connectivity index (χ4v) is 4.99. The Labute approximate surface area is 174 Å². The average molecular weight is 600 g/mol. The van der Waals surface area contributed by atoms with Crippen LogP contribution in [-0.2, 0) is 11.2 Å². The van der Waals surface area contributed by atoms with Crippen LogP contribution in [0.25, 0.3) is 0 Å². The van der Waals surface area contributed by atoms with Crippen molar-refractivity contribution in [3.63, 3.8) is 0 Å². The summed E-state index contributed by atoms with van der Waals surface area (Å²) in [6.45, 7) is 0. The molecule has 0 radical (unpaired) electrons. The molecule has 25 heavy (non-hydrogen) atoms. The van der Waals surface area contributed by atoms with Crippen LogP contribution in [0.3, 0.4) is 0 Å². The normalized spacial score (nSPS) is 14.8. The quantitative estimate of drug-likeness (QED) is 0.330. The van der Waals surface area contributed by atoms with Gasteiger partial charge in [0.25, 0.3) is 11.8 Å². The lowest BCUT2D eigenvalue weighted by Crippen LogP contribution is -2.51. The number of carbonyl (C=O) groups excluding carboxylic acids is 3. The van der Waals surface area contributed by atoms with E-state index < -0.39 is 23.8 Å². The molecule has 0 bridgehead atoms. The van der Waals surface area contributed by atoms with Gasteiger partial charge in [-0.3, -0.25) is 14.5 Å². The van der Waals surface area contributed by atoms with Crippen molar-refractivity contribution in [3.8, 4) is 0 Å². The average Bonchev–Trinajstić information content (AvgIpc) is 3.15. The minimum Gasteiger partial charge on any atom is -0.548 e. The number of amides is 2. The number of carbonyl (C=O) groups is 3. The van der Waals surface area contributed by atoms with Crippen LogP contribution in [0.15, 0.2) is 30.4 Å². The smallest absolute Gasteiger partial charge is 0.263 e. The predicted molar refractivity (Wildman–Crippen MR) is 98.8 cm³/mol. The zero-order valence-corrected chi connectivity index (χ0v) is 18.3. The summed E-state index contributed by atoms with van der Waals surface area (Å²) in [5.41, 5.74) is 0.636. The SMILES string of the molecule is O=C([O-])[C@@H](Cc1cnc[nH]1)N1C(=O)c2c(Br)c(Br)c(Br)c(Br)c2C1=O. The molecular weight excluding hydrogens is 594 g/mol. The number of aromatic amines is 1. The third-order valence-corrected chi connectivity index (χ3v) is 8.45. The molecule has 11 heteroatoms. The number of carboxylic acids is 1. The molecule has 2 amide bonds. The molecular formula is C14H6Br4N3O4-. The molecule has 1 aliphatic rings. The third kappa shape index (κ3) is 3.00. The van der Waals surface area contributed by atoms with Gasteiger partial charge in [-0.15, -0.1) is 0 Å². The predicted octanol–water partition coefficient (Wildman–Crippen LogP) is 2.42. The highest BCUT2D eigenvalue weighted by molar-refractivity contribution is 9.15. The Morgan fingerprint density at radius 1 is 1.08 bits per heavy atom. The van der Waals surface area contributed by atoms with E-state index in [0.29, 0.717) is 28.5 Å². The number of benzene rings is 1. The van der Waals surface area contributed by atoms with Crippen LogP contribution in [0.5, 0.6) is 0 Å². The van der Waals surface area contributed by atoms with Gasteiger partial charge in [-0.1, -0.05) is 0 Å². The summed E-state index contributed by atoms with van der Waals surface area (Å²) in [6.07, 6.45) is 2.67. The van der Waals surface area contributed by atoms with Crippen molar-refractivity contribution in [2.45, 2.75) is 12.5 Å². The van der Waals surface area contributed by atoms with Gasteiger partial charge in [-0.2, -0.15) is 0 Å². The Kier molecular flexibility index (Phi) is 5.20. The maximum atomic E-state index is 12.8. The van der Waals surface area contributed by atoms with Crippen LogP contribution in [0.2, 0.25) is 0 Å². The summed E-state index contributed by atoms with van der Waals surface area (Å²) in [5.74, 6) is -2.96. The molecule has 0 fully saturated rings. The first kappa shape index (κ1) is 18.7. The second kappa shape index (κ2) is 6.93. The summed E-state index contributed by atoms with van der Waals surface area (Å²) in [7, 11) is 0. The molecule has 0 saturated carbocycles. The van der Waals surface area contributed by atoms with Gasteiger partial charge >= 0.3 is 0 Å². The van der Waals surface area contributed by atoms with Gasteiger partial charge in [0, 0.05) is 36.2 Å². The molecule has 0 saturated heterocycles. The topological polar surface area (TPSA) is 106 Å². The van der Waals surface area contributed by atoms with E-state index in [9.17, 15) is 19.5 Å². The Morgan fingerprint density at radius 3 is 2.00 bits per heavy atom. The number of hydrogen-bond acceptors (Lipinski definition) is 5. The summed E-state index contributed by atoms with van der Waals surface area (Å²) in [4.78, 5) is 44.5. The van der Waals surface area contributed by atoms with Gasteiger partial charge in [0.15, 0.2) is 0 Å². The molecule has 2 heterocycles. The lowest BCUT2D eigenvalue weighted by molar-refractivity contribution is -0.310. The Balaban J connectivity index is 2.11. The number of fused-ring (bicyclic) bond motifs is 1. The van der Waals surface area contributed by atoms with E-state index in [-0.39, 0.29) is 17.5 Å². The number of aromatic nitrogens is 2. The highest BCUT2D eigenvalue weighted by Crippen LogP contribution is 2.45. The van der Waals surface area contributed by atoms with Crippen LogP contribution in [0, 0.1) is 0 Å². The van der Waals surface area contributed by atoms with Crippen LogP contribution < -0.4 is 5.11 Å². The lowest BCUT2D eigenvalue weighted by atomic mass is 10.1. The molecule has 1 aromatic heterocycles. The molecule has 1 aromatic carbocycles. The molecule has 130 valence electrons. The molecule has 2 aromatic rings. The van der Waals surface area contributed by atoms with E-state index in [0.717, 1.165) is 0 Å². The molecule has 7 nitrogen and oxygen atoms in total. The zero-order valence-electron chi connectivity index (χ0n) is 12.0. The van der Waals surface area contributed by atoms with Crippen molar-refractivity contribution in [2.75, 3.05) is 0 Å². The molecule has 0 unspecified atom stereocenters. The van der Waals surface area contributed by atoms with Crippen LogP contribution in [0.4, 0.5) is 0 Å². The van der Waals surface area contributed by atoms with Gasteiger partial charge in [-0.25, -0.2) is 4.98 Å². The number of nitrogens with one attached hydrogen (secondary N) is 1. The largest absolute Gasteiger partial charge is 0.548 e. The number of rotatable bonds is 4. The lowest BCUT2D eigenvalue weighted by Gasteiger charge is -2.26. The Morgan fingerprint density at radius 2 is 1.60 bits per heavy atom. The fraction of sp³-hybridized carbons (Fsp3) is 0.143. The van der Waals surface area contributed by atoms with Crippen molar-refractivity contribution in [1.82, 2.24) is 14.9 Å². The summed E-state index contributed by atoms with van der Waals surface area (Å²) < 4.78 is 1.77. The number of hydrogen-bond donors (Lipinski definition) is 1. The second-order valence-corrected chi connectivity index (χ2v) is 8.27. The van der Waals surface area contributed by atoms with E-state index in [4.69, 9.17) is 0 Å². The second-order valence-electron chi connectivity index (χ2n) is 5.10. The number of imide groups is 1. The molecule has 0 spiro atoms. The van der Waals surface area contributed by atoms with E-state index >= 15 is 0 Å². The Bertz CT molecular complexity index is 867. The van der Waals surface area contributed by atoms with E-state index in [1.807, 2.05) is 0 Å². The van der Waals surface area contributed by atoms with E-state index in [2.05, 4.69) is 73.7 Å². The maximum absolute atomic E-state index is 12.8. The molecule has 1 atom stereocenters. The van der Waals surface area contributed by atoms with E-state index in [1.165, 1.54) is 12.5 Å². The number of H-pyrrole nitrogens is 1. The minimum absolute atomic E-state index is 0.0859. The number of aliphatic carboxylic acids is 1. The molecule has 1 aliphatic heterocycles. The van der Waals surface area contributed by atoms with Gasteiger partial charge in [0.2, 0.25) is 0 Å². The van der Waals surface area contributed by atoms with Crippen LogP contribution in [0.1, 0.15) is 26.4 Å². The first-order valence-corrected chi connectivity index (χ1v) is 9.84. The highest BCUT2D eigenvalue weighted by atomic mass is 79.9. The highest BCUT2D eigenvalue weighted by Gasteiger charge is 2.44. The standard InChI is InChI=1S/C14H7Br4N3O4/c15-8-6-7(9(16)11(18)10(8)17)13(23)21(12(6)22)5(14(24)25)1-4-2-19-3-20-4/h2-3,5H,1H2,(H,19,20)(H,24,25)/p-1/t5-/m1/s1. The maximum Gasteiger partial charge on any atom is 0.263 e. The number of nitrogens with zero attached hydrogens (tertiary/aromatic N) is 2. The van der Waals surface area contributed by atoms with Crippen LogP contribution >= 0.6 is 63.7 Å². The van der Waals surface area contributed by atoms with Gasteiger partial charge < -0.3 is 14.9 Å². The first-order valence-electron chi connectivity index (χ1n) is 6.67. The molecule has 0 aliphatic carbocycles. The monoisotopic (exact) mass is 596 g/mol. The molecule has 1 N–H and O–H groups in total. The summed E-state index contributed by atoms with van der Waals surface area (Å²) >= 11 is 13.2. The first-order chi connectivity index (χ1) is 11.8. The Hall–Kier alpha value is -1.04. The van der Waals surface area contributed by atoms with Crippen molar-refractivity contribution in [3.05, 3.63) is 47.2 Å².